The maximum absolute atomic E-state index is 12.0. The minimum atomic E-state index is -2.44. The van der Waals surface area contributed by atoms with E-state index in [4.69, 9.17) is 15.1 Å². The molecule has 3 rings (SSSR count). The van der Waals surface area contributed by atoms with E-state index in [0.29, 0.717) is 5.06 Å². The Morgan fingerprint density at radius 2 is 1.80 bits per heavy atom. The van der Waals surface area contributed by atoms with Gasteiger partial charge >= 0.3 is 11.9 Å². The number of hydrogen-bond acceptors (Lipinski definition) is 5. The van der Waals surface area contributed by atoms with Gasteiger partial charge in [-0.05, 0) is 6.07 Å². The van der Waals surface area contributed by atoms with Crippen LogP contribution < -0.4 is 0 Å². The minimum Gasteiger partial charge on any atom is -0.478 e. The van der Waals surface area contributed by atoms with E-state index in [9.17, 15) is 19.5 Å². The number of hydroxylamine groups is 2. The van der Waals surface area contributed by atoms with Crippen LogP contribution in [0.3, 0.4) is 0 Å². The quantitative estimate of drug-likeness (QED) is 0.675. The van der Waals surface area contributed by atoms with Crippen LogP contribution in [0.5, 0.6) is 0 Å². The topological polar surface area (TPSA) is 124 Å². The summed E-state index contributed by atoms with van der Waals surface area (Å²) in [5.74, 6) is -5.16. The number of fused-ring (bicyclic) bond motifs is 3. The molecule has 3 N–H and O–H groups in total. The van der Waals surface area contributed by atoms with Gasteiger partial charge in [-0.3, -0.25) is 4.79 Å². The molecule has 2 heterocycles. The lowest BCUT2D eigenvalue weighted by atomic mass is 9.94. The van der Waals surface area contributed by atoms with Crippen LogP contribution in [0.15, 0.2) is 35.6 Å². The molecule has 1 aromatic rings. The molecule has 0 bridgehead atoms. The Bertz CT molecular complexity index is 708. The Hall–Kier alpha value is -2.87. The van der Waals surface area contributed by atoms with E-state index in [1.165, 1.54) is 24.3 Å². The lowest BCUT2D eigenvalue weighted by Gasteiger charge is -2.24. The zero-order valence-electron chi connectivity index (χ0n) is 9.73. The predicted octanol–water partition coefficient (Wildman–Crippen LogP) is -0.344. The summed E-state index contributed by atoms with van der Waals surface area (Å²) in [4.78, 5) is 39.1. The van der Waals surface area contributed by atoms with Crippen molar-refractivity contribution in [1.82, 2.24) is 5.06 Å². The van der Waals surface area contributed by atoms with Crippen molar-refractivity contribution in [3.8, 4) is 0 Å². The van der Waals surface area contributed by atoms with E-state index in [-0.39, 0.29) is 11.1 Å². The number of hydrogen-bond donors (Lipinski definition) is 3. The van der Waals surface area contributed by atoms with Crippen LogP contribution in [0.4, 0.5) is 0 Å². The van der Waals surface area contributed by atoms with E-state index in [1.807, 2.05) is 0 Å². The molecule has 0 fully saturated rings. The first-order valence-electron chi connectivity index (χ1n) is 5.44. The summed E-state index contributed by atoms with van der Waals surface area (Å²) in [6, 6.07) is 5.75. The first kappa shape index (κ1) is 12.2. The molecule has 8 nitrogen and oxygen atoms in total. The molecular weight excluding hydrogens is 270 g/mol. The Morgan fingerprint density at radius 1 is 1.15 bits per heavy atom. The second kappa shape index (κ2) is 3.58. The Morgan fingerprint density at radius 3 is 2.40 bits per heavy atom. The van der Waals surface area contributed by atoms with Gasteiger partial charge in [-0.1, -0.05) is 18.2 Å². The van der Waals surface area contributed by atoms with Gasteiger partial charge in [0.25, 0.3) is 11.7 Å². The summed E-state index contributed by atoms with van der Waals surface area (Å²) in [6.07, 6.45) is 0. The molecule has 0 radical (unpaired) electrons. The molecule has 0 spiro atoms. The average molecular weight is 277 g/mol. The van der Waals surface area contributed by atoms with E-state index in [2.05, 4.69) is 0 Å². The van der Waals surface area contributed by atoms with Crippen molar-refractivity contribution in [3.63, 3.8) is 0 Å². The standard InChI is InChI=1S/C12H7NO7/c14-9-5-3-1-2-4-6(5)12(19)7(10(15)16)8(11(17)18)20-13(9)12/h1-4,19H,(H,15,16)(H,17,18). The molecule has 8 heteroatoms. The maximum atomic E-state index is 12.0. The highest BCUT2D eigenvalue weighted by atomic mass is 16.7. The SMILES string of the molecule is O=C(O)C1=C(C(=O)O)C2(O)c3ccccc3C(=O)N2O1. The van der Waals surface area contributed by atoms with Crippen molar-refractivity contribution in [1.29, 1.82) is 0 Å². The number of carboxylic acids is 2. The number of carbonyl (C=O) groups excluding carboxylic acids is 1. The third kappa shape index (κ3) is 1.20. The van der Waals surface area contributed by atoms with E-state index >= 15 is 0 Å². The van der Waals surface area contributed by atoms with Crippen molar-refractivity contribution in [3.05, 3.63) is 46.7 Å². The number of benzene rings is 1. The van der Waals surface area contributed by atoms with Gasteiger partial charge in [0.1, 0.15) is 5.57 Å². The number of aliphatic carboxylic acids is 2. The molecule has 0 saturated heterocycles. The molecule has 1 atom stereocenters. The minimum absolute atomic E-state index is 0.0290. The molecule has 0 aliphatic carbocycles. The van der Waals surface area contributed by atoms with Gasteiger partial charge in [0, 0.05) is 5.56 Å². The number of aliphatic hydroxyl groups is 1. The Labute approximate surface area is 111 Å². The Kier molecular flexibility index (Phi) is 2.18. The molecule has 2 aliphatic rings. The summed E-state index contributed by atoms with van der Waals surface area (Å²) in [5.41, 5.74) is -3.31. The van der Waals surface area contributed by atoms with Crippen molar-refractivity contribution in [2.45, 2.75) is 5.72 Å². The fraction of sp³-hybridized carbons (Fsp3) is 0.0833. The molecule has 20 heavy (non-hydrogen) atoms. The number of carboxylic acid groups (broad SMARTS) is 2. The van der Waals surface area contributed by atoms with Crippen LogP contribution in [-0.4, -0.2) is 38.2 Å². The summed E-state index contributed by atoms with van der Waals surface area (Å²) in [6.45, 7) is 0. The van der Waals surface area contributed by atoms with Gasteiger partial charge in [0.05, 0.1) is 5.56 Å². The fourth-order valence-electron chi connectivity index (χ4n) is 2.37. The number of amides is 1. The third-order valence-corrected chi connectivity index (χ3v) is 3.18. The van der Waals surface area contributed by atoms with Crippen molar-refractivity contribution < 1.29 is 34.5 Å². The molecule has 0 aromatic heterocycles. The monoisotopic (exact) mass is 277 g/mol. The summed E-state index contributed by atoms with van der Waals surface area (Å²) in [7, 11) is 0. The molecule has 1 amide bonds. The van der Waals surface area contributed by atoms with Crippen LogP contribution in [-0.2, 0) is 20.2 Å². The molecule has 0 saturated carbocycles. The van der Waals surface area contributed by atoms with Crippen molar-refractivity contribution in [2.24, 2.45) is 0 Å². The number of carbonyl (C=O) groups is 3. The van der Waals surface area contributed by atoms with Gasteiger partial charge in [-0.15, -0.1) is 5.06 Å². The normalized spacial score (nSPS) is 23.4. The van der Waals surface area contributed by atoms with Crippen LogP contribution in [0.2, 0.25) is 0 Å². The first-order valence-corrected chi connectivity index (χ1v) is 5.44. The molecule has 102 valence electrons. The fourth-order valence-corrected chi connectivity index (χ4v) is 2.37. The Balaban J connectivity index is 2.32. The number of rotatable bonds is 2. The van der Waals surface area contributed by atoms with Crippen LogP contribution in [0.25, 0.3) is 0 Å². The smallest absolute Gasteiger partial charge is 0.375 e. The maximum Gasteiger partial charge on any atom is 0.375 e. The highest BCUT2D eigenvalue weighted by molar-refractivity contribution is 6.06. The van der Waals surface area contributed by atoms with Crippen LogP contribution in [0, 0.1) is 0 Å². The number of nitrogens with zero attached hydrogens (tertiary/aromatic N) is 1. The van der Waals surface area contributed by atoms with Gasteiger partial charge in [0.15, 0.2) is 0 Å². The molecule has 1 aromatic carbocycles. The van der Waals surface area contributed by atoms with Gasteiger partial charge < -0.3 is 20.2 Å². The van der Waals surface area contributed by atoms with E-state index in [0.717, 1.165) is 0 Å². The van der Waals surface area contributed by atoms with E-state index < -0.39 is 34.9 Å². The lowest BCUT2D eigenvalue weighted by Crippen LogP contribution is -2.41. The summed E-state index contributed by atoms with van der Waals surface area (Å²) >= 11 is 0. The molecular formula is C12H7NO7. The first-order chi connectivity index (χ1) is 9.39. The van der Waals surface area contributed by atoms with Crippen molar-refractivity contribution in [2.75, 3.05) is 0 Å². The zero-order chi connectivity index (χ0) is 14.7. The highest BCUT2D eigenvalue weighted by Crippen LogP contribution is 2.48. The van der Waals surface area contributed by atoms with Crippen molar-refractivity contribution >= 4 is 17.8 Å². The van der Waals surface area contributed by atoms with Gasteiger partial charge in [-0.2, -0.15) is 0 Å². The summed E-state index contributed by atoms with van der Waals surface area (Å²) < 4.78 is 0. The lowest BCUT2D eigenvalue weighted by molar-refractivity contribution is -0.195. The molecule has 2 aliphatic heterocycles. The highest BCUT2D eigenvalue weighted by Gasteiger charge is 2.62. The predicted molar refractivity (Wildman–Crippen MR) is 59.9 cm³/mol. The second-order valence-corrected chi connectivity index (χ2v) is 4.22. The largest absolute Gasteiger partial charge is 0.478 e. The van der Waals surface area contributed by atoms with Gasteiger partial charge in [-0.25, -0.2) is 9.59 Å². The summed E-state index contributed by atoms with van der Waals surface area (Å²) in [5, 5.41) is 29.0. The second-order valence-electron chi connectivity index (χ2n) is 4.22. The zero-order valence-corrected chi connectivity index (χ0v) is 9.73. The van der Waals surface area contributed by atoms with Crippen LogP contribution >= 0.6 is 0 Å². The average Bonchev–Trinajstić information content (AvgIpc) is 2.82. The van der Waals surface area contributed by atoms with Crippen LogP contribution in [0.1, 0.15) is 15.9 Å². The third-order valence-electron chi connectivity index (χ3n) is 3.18. The van der Waals surface area contributed by atoms with E-state index in [1.54, 1.807) is 0 Å². The van der Waals surface area contributed by atoms with Gasteiger partial charge in [0.2, 0.25) is 5.72 Å². The molecule has 1 unspecified atom stereocenters.